The van der Waals surface area contributed by atoms with Gasteiger partial charge in [-0.2, -0.15) is 5.10 Å². The first-order valence-corrected chi connectivity index (χ1v) is 11.6. The molecule has 1 saturated heterocycles. The summed E-state index contributed by atoms with van der Waals surface area (Å²) in [5.74, 6) is 0.473. The fourth-order valence-corrected chi connectivity index (χ4v) is 4.85. The zero-order chi connectivity index (χ0) is 21.8. The smallest absolute Gasteiger partial charge is 0.280 e. The second-order valence-electron chi connectivity index (χ2n) is 7.24. The van der Waals surface area contributed by atoms with Crippen molar-refractivity contribution in [1.29, 1.82) is 0 Å². The zero-order valence-electron chi connectivity index (χ0n) is 17.7. The molecule has 1 aromatic carbocycles. The van der Waals surface area contributed by atoms with Gasteiger partial charge in [-0.1, -0.05) is 22.9 Å². The molecule has 1 fully saturated rings. The van der Waals surface area contributed by atoms with Crippen LogP contribution in [-0.4, -0.2) is 72.1 Å². The van der Waals surface area contributed by atoms with Gasteiger partial charge in [-0.15, -0.1) is 0 Å². The monoisotopic (exact) mass is 463 g/mol. The SMILES string of the molecule is CCn1ccc(C(=O)N(CCCN2CCOCC2)c2nc3c(OC)ccc(Cl)c3s2)n1. The maximum atomic E-state index is 13.4. The third-order valence-corrected chi connectivity index (χ3v) is 6.83. The van der Waals surface area contributed by atoms with Crippen LogP contribution in [-0.2, 0) is 11.3 Å². The molecule has 8 nitrogen and oxygen atoms in total. The Morgan fingerprint density at radius 3 is 2.84 bits per heavy atom. The normalized spacial score (nSPS) is 14.8. The highest BCUT2D eigenvalue weighted by Crippen LogP contribution is 2.39. The molecule has 4 rings (SSSR count). The fourth-order valence-electron chi connectivity index (χ4n) is 3.57. The number of hydrogen-bond donors (Lipinski definition) is 0. The number of aryl methyl sites for hydroxylation is 1. The number of hydrogen-bond acceptors (Lipinski definition) is 7. The lowest BCUT2D eigenvalue weighted by molar-refractivity contribution is 0.0376. The molecule has 10 heteroatoms. The van der Waals surface area contributed by atoms with Crippen LogP contribution in [0.1, 0.15) is 23.8 Å². The van der Waals surface area contributed by atoms with Gasteiger partial charge in [-0.25, -0.2) is 4.98 Å². The summed E-state index contributed by atoms with van der Waals surface area (Å²) < 4.78 is 13.4. The lowest BCUT2D eigenvalue weighted by Crippen LogP contribution is -2.39. The maximum Gasteiger partial charge on any atom is 0.280 e. The number of benzene rings is 1. The van der Waals surface area contributed by atoms with E-state index in [2.05, 4.69) is 10.00 Å². The summed E-state index contributed by atoms with van der Waals surface area (Å²) >= 11 is 7.80. The molecule has 166 valence electrons. The van der Waals surface area contributed by atoms with E-state index in [9.17, 15) is 4.79 Å². The van der Waals surface area contributed by atoms with Gasteiger partial charge in [-0.3, -0.25) is 19.3 Å². The Morgan fingerprint density at radius 1 is 1.32 bits per heavy atom. The molecule has 1 aliphatic heterocycles. The van der Waals surface area contributed by atoms with Crippen LogP contribution in [0.2, 0.25) is 5.02 Å². The van der Waals surface area contributed by atoms with Gasteiger partial charge in [0.05, 0.1) is 30.0 Å². The number of amides is 1. The minimum absolute atomic E-state index is 0.164. The van der Waals surface area contributed by atoms with E-state index >= 15 is 0 Å². The maximum absolute atomic E-state index is 13.4. The van der Waals surface area contributed by atoms with E-state index in [1.54, 1.807) is 34.9 Å². The fraction of sp³-hybridized carbons (Fsp3) is 0.476. The number of anilines is 1. The number of morpholine rings is 1. The molecule has 3 aromatic rings. The number of carbonyl (C=O) groups is 1. The van der Waals surface area contributed by atoms with Gasteiger partial charge in [-0.05, 0) is 31.5 Å². The first-order chi connectivity index (χ1) is 15.1. The number of thiazole rings is 1. The van der Waals surface area contributed by atoms with E-state index in [1.807, 2.05) is 13.1 Å². The van der Waals surface area contributed by atoms with Crippen LogP contribution >= 0.6 is 22.9 Å². The number of nitrogens with zero attached hydrogens (tertiary/aromatic N) is 5. The number of rotatable bonds is 8. The summed E-state index contributed by atoms with van der Waals surface area (Å²) in [5, 5.41) is 5.59. The summed E-state index contributed by atoms with van der Waals surface area (Å²) in [6.45, 7) is 7.48. The molecule has 1 amide bonds. The lowest BCUT2D eigenvalue weighted by atomic mass is 10.3. The van der Waals surface area contributed by atoms with Crippen molar-refractivity contribution in [3.05, 3.63) is 35.1 Å². The molecular formula is C21H26ClN5O3S. The van der Waals surface area contributed by atoms with Gasteiger partial charge in [0.2, 0.25) is 0 Å². The Bertz CT molecular complexity index is 1050. The summed E-state index contributed by atoms with van der Waals surface area (Å²) in [7, 11) is 1.60. The van der Waals surface area contributed by atoms with Gasteiger partial charge >= 0.3 is 0 Å². The van der Waals surface area contributed by atoms with E-state index in [0.29, 0.717) is 40.2 Å². The number of carbonyl (C=O) groups excluding carboxylic acids is 1. The van der Waals surface area contributed by atoms with Gasteiger partial charge in [0.1, 0.15) is 11.3 Å². The summed E-state index contributed by atoms with van der Waals surface area (Å²) in [6.07, 6.45) is 2.64. The van der Waals surface area contributed by atoms with Gasteiger partial charge < -0.3 is 9.47 Å². The van der Waals surface area contributed by atoms with Crippen LogP contribution in [0.4, 0.5) is 5.13 Å². The third kappa shape index (κ3) is 4.85. The summed E-state index contributed by atoms with van der Waals surface area (Å²) in [4.78, 5) is 22.2. The molecule has 0 saturated carbocycles. The average Bonchev–Trinajstić information content (AvgIpc) is 3.45. The molecule has 31 heavy (non-hydrogen) atoms. The van der Waals surface area contributed by atoms with E-state index in [0.717, 1.165) is 44.0 Å². The van der Waals surface area contributed by atoms with Gasteiger partial charge in [0.25, 0.3) is 5.91 Å². The second-order valence-corrected chi connectivity index (χ2v) is 8.63. The number of ether oxygens (including phenoxy) is 2. The average molecular weight is 464 g/mol. The van der Waals surface area contributed by atoms with Crippen molar-refractivity contribution in [1.82, 2.24) is 19.7 Å². The quantitative estimate of drug-likeness (QED) is 0.508. The molecule has 0 atom stereocenters. The lowest BCUT2D eigenvalue weighted by Gasteiger charge is -2.27. The Hall–Kier alpha value is -2.20. The predicted molar refractivity (Wildman–Crippen MR) is 123 cm³/mol. The van der Waals surface area contributed by atoms with E-state index in [4.69, 9.17) is 26.1 Å². The zero-order valence-corrected chi connectivity index (χ0v) is 19.3. The number of halogens is 1. The van der Waals surface area contributed by atoms with Crippen LogP contribution in [0.15, 0.2) is 24.4 Å². The number of aromatic nitrogens is 3. The van der Waals surface area contributed by atoms with Crippen LogP contribution in [0.5, 0.6) is 5.75 Å². The van der Waals surface area contributed by atoms with E-state index < -0.39 is 0 Å². The molecule has 1 aliphatic rings. The minimum Gasteiger partial charge on any atom is -0.494 e. The molecule has 0 radical (unpaired) electrons. The highest BCUT2D eigenvalue weighted by Gasteiger charge is 2.25. The predicted octanol–water partition coefficient (Wildman–Crippen LogP) is 3.54. The first kappa shape index (κ1) is 22.0. The van der Waals surface area contributed by atoms with Crippen molar-refractivity contribution in [2.75, 3.05) is 51.4 Å². The van der Waals surface area contributed by atoms with Crippen molar-refractivity contribution < 1.29 is 14.3 Å². The van der Waals surface area contributed by atoms with E-state index in [-0.39, 0.29) is 5.91 Å². The van der Waals surface area contributed by atoms with Gasteiger partial charge in [0, 0.05) is 38.9 Å². The largest absolute Gasteiger partial charge is 0.494 e. The first-order valence-electron chi connectivity index (χ1n) is 10.4. The van der Waals surface area contributed by atoms with Crippen molar-refractivity contribution in [3.8, 4) is 5.75 Å². The Morgan fingerprint density at radius 2 is 2.13 bits per heavy atom. The summed E-state index contributed by atoms with van der Waals surface area (Å²) in [5.41, 5.74) is 1.07. The van der Waals surface area contributed by atoms with Crippen LogP contribution in [0, 0.1) is 0 Å². The van der Waals surface area contributed by atoms with Crippen molar-refractivity contribution in [2.24, 2.45) is 0 Å². The minimum atomic E-state index is -0.164. The van der Waals surface area contributed by atoms with Crippen molar-refractivity contribution in [3.63, 3.8) is 0 Å². The van der Waals surface area contributed by atoms with E-state index in [1.165, 1.54) is 11.3 Å². The highest BCUT2D eigenvalue weighted by molar-refractivity contribution is 7.23. The van der Waals surface area contributed by atoms with Crippen LogP contribution < -0.4 is 9.64 Å². The molecule has 0 spiro atoms. The second kappa shape index (κ2) is 9.95. The number of fused-ring (bicyclic) bond motifs is 1. The molecular weight excluding hydrogens is 438 g/mol. The molecule has 0 unspecified atom stereocenters. The highest BCUT2D eigenvalue weighted by atomic mass is 35.5. The van der Waals surface area contributed by atoms with Crippen LogP contribution in [0.25, 0.3) is 10.2 Å². The molecule has 0 bridgehead atoms. The van der Waals surface area contributed by atoms with Gasteiger partial charge in [0.15, 0.2) is 10.8 Å². The molecule has 2 aromatic heterocycles. The number of methoxy groups -OCH3 is 1. The Labute approximate surface area is 190 Å². The van der Waals surface area contributed by atoms with Crippen LogP contribution in [0.3, 0.4) is 0 Å². The Balaban J connectivity index is 1.61. The standard InChI is InChI=1S/C21H26ClN5O3S/c1-3-26-10-7-16(24-26)20(28)27(9-4-8-25-11-13-30-14-12-25)21-23-18-17(29-2)6-5-15(22)19(18)31-21/h5-7,10H,3-4,8-9,11-14H2,1-2H3. The third-order valence-electron chi connectivity index (χ3n) is 5.29. The summed E-state index contributed by atoms with van der Waals surface area (Å²) in [6, 6.07) is 5.33. The van der Waals surface area contributed by atoms with Crippen molar-refractivity contribution >= 4 is 44.2 Å². The molecule has 3 heterocycles. The Kier molecular flexibility index (Phi) is 7.06. The molecule has 0 aliphatic carbocycles. The van der Waals surface area contributed by atoms with Crippen molar-refractivity contribution in [2.45, 2.75) is 19.9 Å². The molecule has 0 N–H and O–H groups in total. The topological polar surface area (TPSA) is 72.7 Å².